The average Bonchev–Trinajstić information content (AvgIpc) is 3.64. The fourth-order valence-electron chi connectivity index (χ4n) is 4.92. The Morgan fingerprint density at radius 3 is 2.75 bits per heavy atom. The molecule has 2 aromatic heterocycles. The Balaban J connectivity index is 1.37. The number of urea groups is 1. The molecule has 5 rings (SSSR count). The normalized spacial score (nSPS) is 23.7. The molecule has 1 saturated carbocycles. The van der Waals surface area contributed by atoms with Crippen LogP contribution in [0, 0.1) is 5.92 Å². The van der Waals surface area contributed by atoms with Gasteiger partial charge in [0.25, 0.3) is 5.17 Å². The zero-order valence-corrected chi connectivity index (χ0v) is 22.4. The van der Waals surface area contributed by atoms with Crippen molar-refractivity contribution in [1.82, 2.24) is 30.2 Å². The Labute approximate surface area is 234 Å². The van der Waals surface area contributed by atoms with Gasteiger partial charge in [-0.15, -0.1) is 0 Å². The Morgan fingerprint density at radius 1 is 1.18 bits per heavy atom. The van der Waals surface area contributed by atoms with Gasteiger partial charge in [0.05, 0.1) is 25.1 Å². The molecule has 1 saturated heterocycles. The fourth-order valence-corrected chi connectivity index (χ4v) is 5.06. The maximum atomic E-state index is 12.1. The second-order valence-corrected chi connectivity index (χ2v) is 9.65. The SMILES string of the molecule is CCNC(=O)Nc1ncnc2c1ncn2C1CC(COC(=S)NCC(=O)O)[C@H]2O[C@@H](C=Cc3ccccc3)OC12. The van der Waals surface area contributed by atoms with Gasteiger partial charge in [0, 0.05) is 12.5 Å². The number of nitrogens with zero attached hydrogens (tertiary/aromatic N) is 4. The summed E-state index contributed by atoms with van der Waals surface area (Å²) in [5.41, 5.74) is 2.00. The summed E-state index contributed by atoms with van der Waals surface area (Å²) in [6.45, 7) is 2.15. The number of hydrogen-bond donors (Lipinski definition) is 4. The second kappa shape index (κ2) is 12.4. The van der Waals surface area contributed by atoms with E-state index in [9.17, 15) is 9.59 Å². The third kappa shape index (κ3) is 6.19. The van der Waals surface area contributed by atoms with E-state index < -0.39 is 12.3 Å². The maximum absolute atomic E-state index is 12.1. The number of amides is 2. The minimum atomic E-state index is -1.04. The van der Waals surface area contributed by atoms with E-state index in [0.29, 0.717) is 29.9 Å². The van der Waals surface area contributed by atoms with E-state index >= 15 is 0 Å². The van der Waals surface area contributed by atoms with Crippen molar-refractivity contribution in [3.05, 3.63) is 54.6 Å². The number of aliphatic carboxylic acids is 1. The first-order valence-electron chi connectivity index (χ1n) is 12.8. The number of carboxylic acids is 1. The highest BCUT2D eigenvalue weighted by molar-refractivity contribution is 7.80. The van der Waals surface area contributed by atoms with Crippen molar-refractivity contribution in [2.24, 2.45) is 5.92 Å². The molecule has 5 atom stereocenters. The zero-order chi connectivity index (χ0) is 28.1. The quantitative estimate of drug-likeness (QED) is 0.281. The average molecular weight is 568 g/mol. The molecule has 0 bridgehead atoms. The Hall–Kier alpha value is -4.14. The molecule has 2 fully saturated rings. The minimum absolute atomic E-state index is 0.00346. The van der Waals surface area contributed by atoms with Gasteiger partial charge >= 0.3 is 12.0 Å². The second-order valence-electron chi connectivity index (χ2n) is 9.28. The lowest BCUT2D eigenvalue weighted by atomic mass is 10.1. The molecular formula is C26H29N7O6S. The van der Waals surface area contributed by atoms with E-state index in [1.165, 1.54) is 6.33 Å². The van der Waals surface area contributed by atoms with E-state index in [1.807, 2.05) is 54.0 Å². The highest BCUT2D eigenvalue weighted by Gasteiger charge is 2.52. The van der Waals surface area contributed by atoms with Crippen molar-refractivity contribution >= 4 is 52.5 Å². The maximum Gasteiger partial charge on any atom is 0.323 e. The highest BCUT2D eigenvalue weighted by Crippen LogP contribution is 2.45. The summed E-state index contributed by atoms with van der Waals surface area (Å²) in [7, 11) is 0. The number of fused-ring (bicyclic) bond motifs is 2. The van der Waals surface area contributed by atoms with Crippen molar-refractivity contribution in [3.8, 4) is 0 Å². The van der Waals surface area contributed by atoms with E-state index in [2.05, 4.69) is 30.9 Å². The predicted octanol–water partition coefficient (Wildman–Crippen LogP) is 2.33. The number of rotatable bonds is 9. The number of hydrogen-bond acceptors (Lipinski definition) is 9. The Kier molecular flexibility index (Phi) is 8.48. The molecule has 0 spiro atoms. The van der Waals surface area contributed by atoms with Gasteiger partial charge in [0.15, 0.2) is 23.3 Å². The molecule has 1 aliphatic carbocycles. The summed E-state index contributed by atoms with van der Waals surface area (Å²) in [6.07, 6.45) is 6.16. The molecule has 3 aromatic rings. The van der Waals surface area contributed by atoms with Gasteiger partial charge < -0.3 is 34.5 Å². The number of nitrogens with one attached hydrogen (secondary N) is 3. The molecule has 1 aromatic carbocycles. The van der Waals surface area contributed by atoms with Crippen molar-refractivity contribution in [2.45, 2.75) is 37.9 Å². The van der Waals surface area contributed by atoms with Crippen LogP contribution in [0.25, 0.3) is 17.2 Å². The number of ether oxygens (including phenoxy) is 3. The third-order valence-electron chi connectivity index (χ3n) is 6.64. The van der Waals surface area contributed by atoms with Gasteiger partial charge in [-0.05, 0) is 37.2 Å². The monoisotopic (exact) mass is 567 g/mol. The van der Waals surface area contributed by atoms with E-state index in [1.54, 1.807) is 6.33 Å². The van der Waals surface area contributed by atoms with Gasteiger partial charge in [0.2, 0.25) is 0 Å². The Bertz CT molecular complexity index is 1400. The van der Waals surface area contributed by atoms with E-state index in [0.717, 1.165) is 5.56 Å². The summed E-state index contributed by atoms with van der Waals surface area (Å²) >= 11 is 5.13. The molecule has 14 heteroatoms. The number of carbonyl (C=O) groups excluding carboxylic acids is 1. The van der Waals surface area contributed by atoms with Gasteiger partial charge in [-0.2, -0.15) is 0 Å². The van der Waals surface area contributed by atoms with Crippen molar-refractivity contribution in [1.29, 1.82) is 0 Å². The molecule has 3 heterocycles. The molecule has 40 heavy (non-hydrogen) atoms. The molecule has 4 N–H and O–H groups in total. The van der Waals surface area contributed by atoms with Crippen LogP contribution in [0.3, 0.4) is 0 Å². The van der Waals surface area contributed by atoms with Gasteiger partial charge in [-0.1, -0.05) is 36.4 Å². The highest BCUT2D eigenvalue weighted by atomic mass is 32.1. The van der Waals surface area contributed by atoms with Crippen LogP contribution in [0.4, 0.5) is 10.6 Å². The zero-order valence-electron chi connectivity index (χ0n) is 21.6. The summed E-state index contributed by atoms with van der Waals surface area (Å²) in [5, 5.41) is 16.8. The molecule has 0 radical (unpaired) electrons. The molecule has 2 aliphatic rings. The van der Waals surface area contributed by atoms with Gasteiger partial charge in [0.1, 0.15) is 19.0 Å². The van der Waals surface area contributed by atoms with Crippen LogP contribution >= 0.6 is 12.2 Å². The lowest BCUT2D eigenvalue weighted by Gasteiger charge is -2.20. The number of thiocarbonyl (C=S) groups is 1. The first-order valence-corrected chi connectivity index (χ1v) is 13.2. The summed E-state index contributed by atoms with van der Waals surface area (Å²) in [4.78, 5) is 36.1. The van der Waals surface area contributed by atoms with Crippen LogP contribution in [-0.4, -0.2) is 80.0 Å². The van der Waals surface area contributed by atoms with Crippen molar-refractivity contribution in [3.63, 3.8) is 0 Å². The molecule has 210 valence electrons. The smallest absolute Gasteiger partial charge is 0.323 e. The summed E-state index contributed by atoms with van der Waals surface area (Å²) in [5.74, 6) is -0.865. The first kappa shape index (κ1) is 27.4. The van der Waals surface area contributed by atoms with Crippen LogP contribution < -0.4 is 16.0 Å². The van der Waals surface area contributed by atoms with E-state index in [4.69, 9.17) is 31.5 Å². The summed E-state index contributed by atoms with van der Waals surface area (Å²) in [6, 6.07) is 9.23. The number of carbonyl (C=O) groups is 2. The van der Waals surface area contributed by atoms with Crippen LogP contribution in [0.15, 0.2) is 49.1 Å². The molecule has 2 amide bonds. The van der Waals surface area contributed by atoms with Gasteiger partial charge in [-0.3, -0.25) is 10.1 Å². The van der Waals surface area contributed by atoms with Crippen molar-refractivity contribution < 1.29 is 28.9 Å². The lowest BCUT2D eigenvalue weighted by Crippen LogP contribution is -2.33. The van der Waals surface area contributed by atoms with Crippen LogP contribution in [0.1, 0.15) is 24.9 Å². The Morgan fingerprint density at radius 2 is 1.98 bits per heavy atom. The number of benzene rings is 1. The predicted molar refractivity (Wildman–Crippen MR) is 148 cm³/mol. The number of aromatic nitrogens is 4. The molecule has 3 unspecified atom stereocenters. The van der Waals surface area contributed by atoms with Crippen LogP contribution in [0.2, 0.25) is 0 Å². The topological polar surface area (TPSA) is 162 Å². The number of carboxylic acid groups (broad SMARTS) is 1. The van der Waals surface area contributed by atoms with Crippen molar-refractivity contribution in [2.75, 3.05) is 25.0 Å². The molecule has 1 aliphatic heterocycles. The van der Waals surface area contributed by atoms with Gasteiger partial charge in [-0.25, -0.2) is 19.7 Å². The molecular weight excluding hydrogens is 538 g/mol. The fraction of sp³-hybridized carbons (Fsp3) is 0.385. The van der Waals surface area contributed by atoms with E-state index in [-0.39, 0.29) is 48.5 Å². The number of imidazole rings is 1. The number of anilines is 1. The molecule has 13 nitrogen and oxygen atoms in total. The third-order valence-corrected chi connectivity index (χ3v) is 6.90. The standard InChI is InChI=1S/C26H29N7O6S/c1-2-27-25(36)32-23-20-24(30-13-29-23)33(14-31-20)17-10-16(12-37-26(40)28-11-18(34)35)21-22(17)39-19(38-21)9-8-15-6-4-3-5-7-15/h3-9,13-14,16-17,19,21-22H,2,10-12H2,1H3,(H,28,40)(H,34,35)(H2,27,29,30,32,36)/t16?,17?,19-,21-,22?/m1/s1. The minimum Gasteiger partial charge on any atom is -0.480 e. The first-order chi connectivity index (χ1) is 19.4. The van der Waals surface area contributed by atoms with Crippen LogP contribution in [0.5, 0.6) is 0 Å². The largest absolute Gasteiger partial charge is 0.480 e. The summed E-state index contributed by atoms with van der Waals surface area (Å²) < 4.78 is 20.3. The lowest BCUT2D eigenvalue weighted by molar-refractivity contribution is -0.135. The van der Waals surface area contributed by atoms with Crippen LogP contribution in [-0.2, 0) is 19.0 Å².